The summed E-state index contributed by atoms with van der Waals surface area (Å²) in [5.74, 6) is 0.312. The van der Waals surface area contributed by atoms with Crippen molar-refractivity contribution in [3.8, 4) is 22.9 Å². The van der Waals surface area contributed by atoms with Crippen LogP contribution >= 0.6 is 11.6 Å². The van der Waals surface area contributed by atoms with Crippen molar-refractivity contribution in [2.45, 2.75) is 65.1 Å². The number of aryl methyl sites for hydroxylation is 2. The highest BCUT2D eigenvalue weighted by Gasteiger charge is 2.38. The summed E-state index contributed by atoms with van der Waals surface area (Å²) < 4.78 is 11.2. The summed E-state index contributed by atoms with van der Waals surface area (Å²) in [6.45, 7) is 10.4. The van der Waals surface area contributed by atoms with Gasteiger partial charge in [0.2, 0.25) is 5.91 Å². The average molecular weight is 642 g/mol. The van der Waals surface area contributed by atoms with Gasteiger partial charge in [-0.05, 0) is 101 Å². The van der Waals surface area contributed by atoms with Crippen LogP contribution in [0.15, 0.2) is 53.5 Å². The monoisotopic (exact) mass is 641 g/mol. The van der Waals surface area contributed by atoms with Gasteiger partial charge in [0.05, 0.1) is 25.2 Å². The van der Waals surface area contributed by atoms with Crippen molar-refractivity contribution in [2.75, 3.05) is 32.1 Å². The number of amides is 2. The van der Waals surface area contributed by atoms with Crippen molar-refractivity contribution in [1.29, 1.82) is 5.26 Å². The van der Waals surface area contributed by atoms with E-state index in [1.807, 2.05) is 82.0 Å². The zero-order valence-electron chi connectivity index (χ0n) is 27.4. The van der Waals surface area contributed by atoms with Gasteiger partial charge in [-0.3, -0.25) is 4.79 Å². The molecule has 3 aromatic carbocycles. The Morgan fingerprint density at radius 1 is 1.13 bits per heavy atom. The molecule has 9 nitrogen and oxygen atoms in total. The SMILES string of the molecule is COc1cccc(-c2cc3c(cc2C)N=CN(c2cc(C)cc(Cl)c2)C3C(=O)N(C)C[C@@H]2CCCN2C(=O)OC(C)(C)C)c1C#N. The van der Waals surface area contributed by atoms with E-state index in [1.165, 1.54) is 7.11 Å². The number of methoxy groups -OCH3 is 1. The Kier molecular flexibility index (Phi) is 9.32. The standard InChI is InChI=1S/C36H40ClN5O4/c1-22-14-24(37)17-26(15-22)42-21-39-31-16-23(2)28(27-11-8-12-32(45-7)30(27)19-38)18-29(31)33(42)34(43)40(6)20-25-10-9-13-41(25)35(44)46-36(3,4)5/h8,11-12,14-18,21,25,33H,9-10,13,20H2,1-7H3/t25-,33?/m0/s1. The number of anilines is 1. The summed E-state index contributed by atoms with van der Waals surface area (Å²) in [4.78, 5) is 37.7. The minimum Gasteiger partial charge on any atom is -0.495 e. The molecule has 1 saturated heterocycles. The highest BCUT2D eigenvalue weighted by molar-refractivity contribution is 6.31. The number of benzene rings is 3. The van der Waals surface area contributed by atoms with Crippen molar-refractivity contribution >= 4 is 41.3 Å². The largest absolute Gasteiger partial charge is 0.495 e. The van der Waals surface area contributed by atoms with E-state index in [-0.39, 0.29) is 18.0 Å². The van der Waals surface area contributed by atoms with Crippen molar-refractivity contribution in [2.24, 2.45) is 4.99 Å². The third kappa shape index (κ3) is 6.68. The van der Waals surface area contributed by atoms with Gasteiger partial charge >= 0.3 is 6.09 Å². The number of hydrogen-bond acceptors (Lipinski definition) is 7. The van der Waals surface area contributed by atoms with E-state index < -0.39 is 11.6 Å². The molecule has 1 unspecified atom stereocenters. The molecule has 46 heavy (non-hydrogen) atoms. The van der Waals surface area contributed by atoms with Gasteiger partial charge in [0.25, 0.3) is 0 Å². The van der Waals surface area contributed by atoms with Gasteiger partial charge in [0.1, 0.15) is 29.0 Å². The predicted octanol–water partition coefficient (Wildman–Crippen LogP) is 7.58. The highest BCUT2D eigenvalue weighted by atomic mass is 35.5. The van der Waals surface area contributed by atoms with Crippen LogP contribution in [-0.4, -0.2) is 67.0 Å². The molecule has 2 amide bonds. The maximum absolute atomic E-state index is 14.6. The highest BCUT2D eigenvalue weighted by Crippen LogP contribution is 2.43. The Bertz CT molecular complexity index is 1720. The molecular formula is C36H40ClN5O4. The number of halogens is 1. The fourth-order valence-electron chi connectivity index (χ4n) is 6.25. The molecule has 5 rings (SSSR count). The van der Waals surface area contributed by atoms with Crippen LogP contribution < -0.4 is 9.64 Å². The second-order valence-corrected chi connectivity index (χ2v) is 13.4. The molecule has 0 spiro atoms. The molecule has 0 saturated carbocycles. The first-order valence-corrected chi connectivity index (χ1v) is 15.8. The number of carbonyl (C=O) groups is 2. The summed E-state index contributed by atoms with van der Waals surface area (Å²) in [7, 11) is 3.31. The molecule has 2 aliphatic rings. The number of nitriles is 1. The van der Waals surface area contributed by atoms with Crippen LogP contribution in [0.5, 0.6) is 5.75 Å². The molecule has 3 aromatic rings. The van der Waals surface area contributed by atoms with E-state index in [0.29, 0.717) is 46.2 Å². The first-order valence-electron chi connectivity index (χ1n) is 15.4. The van der Waals surface area contributed by atoms with E-state index in [2.05, 4.69) is 6.07 Å². The Labute approximate surface area is 276 Å². The smallest absolute Gasteiger partial charge is 0.410 e. The minimum absolute atomic E-state index is 0.165. The summed E-state index contributed by atoms with van der Waals surface area (Å²) >= 11 is 6.49. The van der Waals surface area contributed by atoms with Crippen LogP contribution in [0.2, 0.25) is 5.02 Å². The molecular weight excluding hydrogens is 602 g/mol. The number of rotatable bonds is 6. The van der Waals surface area contributed by atoms with Gasteiger partial charge in [-0.15, -0.1) is 0 Å². The van der Waals surface area contributed by atoms with Gasteiger partial charge in [-0.25, -0.2) is 9.79 Å². The van der Waals surface area contributed by atoms with Gasteiger partial charge in [0.15, 0.2) is 0 Å². The molecule has 10 heteroatoms. The van der Waals surface area contributed by atoms with Crippen LogP contribution in [0, 0.1) is 25.2 Å². The zero-order chi connectivity index (χ0) is 33.3. The van der Waals surface area contributed by atoms with E-state index >= 15 is 0 Å². The van der Waals surface area contributed by atoms with Gasteiger partial charge in [-0.2, -0.15) is 5.26 Å². The molecule has 2 aliphatic heterocycles. The number of likely N-dealkylation sites (N-methyl/N-ethyl adjacent to an activating group) is 1. The second-order valence-electron chi connectivity index (χ2n) is 13.0. The topological polar surface area (TPSA) is 98.5 Å². The minimum atomic E-state index is -0.790. The van der Waals surface area contributed by atoms with Crippen LogP contribution in [-0.2, 0) is 9.53 Å². The molecule has 0 aromatic heterocycles. The van der Waals surface area contributed by atoms with Crippen LogP contribution in [0.1, 0.15) is 61.9 Å². The number of hydrogen-bond donors (Lipinski definition) is 0. The van der Waals surface area contributed by atoms with Crippen molar-refractivity contribution in [1.82, 2.24) is 9.80 Å². The van der Waals surface area contributed by atoms with Crippen LogP contribution in [0.25, 0.3) is 11.1 Å². The molecule has 2 heterocycles. The molecule has 0 radical (unpaired) electrons. The molecule has 2 atom stereocenters. The summed E-state index contributed by atoms with van der Waals surface area (Å²) in [6, 6.07) is 16.4. The average Bonchev–Trinajstić information content (AvgIpc) is 3.46. The maximum Gasteiger partial charge on any atom is 0.410 e. The van der Waals surface area contributed by atoms with Gasteiger partial charge < -0.3 is 24.2 Å². The van der Waals surface area contributed by atoms with E-state index in [1.54, 1.807) is 29.3 Å². The van der Waals surface area contributed by atoms with Crippen LogP contribution in [0.3, 0.4) is 0 Å². The molecule has 1 fully saturated rings. The third-order valence-electron chi connectivity index (χ3n) is 8.34. The first-order chi connectivity index (χ1) is 21.8. The molecule has 0 N–H and O–H groups in total. The fraction of sp³-hybridized carbons (Fsp3) is 0.389. The lowest BCUT2D eigenvalue weighted by molar-refractivity contribution is -0.132. The third-order valence-corrected chi connectivity index (χ3v) is 8.56. The summed E-state index contributed by atoms with van der Waals surface area (Å²) in [5, 5.41) is 10.6. The van der Waals surface area contributed by atoms with Crippen LogP contribution in [0.4, 0.5) is 16.2 Å². The van der Waals surface area contributed by atoms with Gasteiger partial charge in [-0.1, -0.05) is 23.7 Å². The quantitative estimate of drug-likeness (QED) is 0.275. The number of likely N-dealkylation sites (tertiary alicyclic amines) is 1. The van der Waals surface area contributed by atoms with Crippen molar-refractivity contribution in [3.63, 3.8) is 0 Å². The molecule has 0 aliphatic carbocycles. The Hall–Kier alpha value is -4.55. The van der Waals surface area contributed by atoms with Crippen molar-refractivity contribution < 1.29 is 19.1 Å². The lowest BCUT2D eigenvalue weighted by Crippen LogP contribution is -2.48. The Morgan fingerprint density at radius 3 is 2.57 bits per heavy atom. The maximum atomic E-state index is 14.6. The van der Waals surface area contributed by atoms with Crippen molar-refractivity contribution in [3.05, 3.63) is 75.8 Å². The summed E-state index contributed by atoms with van der Waals surface area (Å²) in [6.07, 6.45) is 2.92. The zero-order valence-corrected chi connectivity index (χ0v) is 28.2. The number of fused-ring (bicyclic) bond motifs is 1. The summed E-state index contributed by atoms with van der Waals surface area (Å²) in [5.41, 5.74) is 5.26. The normalized spacial score (nSPS) is 17.4. The Balaban J connectivity index is 1.57. The first kappa shape index (κ1) is 32.8. The molecule has 240 valence electrons. The fourth-order valence-corrected chi connectivity index (χ4v) is 6.53. The van der Waals surface area contributed by atoms with Gasteiger partial charge in [0, 0.05) is 42.0 Å². The number of aliphatic imine (C=N–C) groups is 1. The van der Waals surface area contributed by atoms with E-state index in [4.69, 9.17) is 26.1 Å². The lowest BCUT2D eigenvalue weighted by Gasteiger charge is -2.37. The second kappa shape index (κ2) is 13.1. The van der Waals surface area contributed by atoms with E-state index in [0.717, 1.165) is 35.2 Å². The lowest BCUT2D eigenvalue weighted by atomic mass is 9.89. The Morgan fingerprint density at radius 2 is 1.89 bits per heavy atom. The predicted molar refractivity (Wildman–Crippen MR) is 181 cm³/mol. The number of ether oxygens (including phenoxy) is 2. The molecule has 0 bridgehead atoms. The number of carbonyl (C=O) groups excluding carboxylic acids is 2. The van der Waals surface area contributed by atoms with E-state index in [9.17, 15) is 14.9 Å². The number of nitrogens with zero attached hydrogens (tertiary/aromatic N) is 5.